The van der Waals surface area contributed by atoms with E-state index in [-0.39, 0.29) is 5.91 Å². The molecule has 1 amide bonds. The van der Waals surface area contributed by atoms with Gasteiger partial charge in [-0.2, -0.15) is 0 Å². The number of fused-ring (bicyclic) bond motifs is 1. The molecule has 0 saturated carbocycles. The van der Waals surface area contributed by atoms with Gasteiger partial charge < -0.3 is 24.3 Å². The monoisotopic (exact) mass is 395 g/mol. The van der Waals surface area contributed by atoms with Crippen LogP contribution in [0, 0.1) is 0 Å². The molecule has 0 radical (unpaired) electrons. The largest absolute Gasteiger partial charge is 0.488 e. The highest BCUT2D eigenvalue weighted by Crippen LogP contribution is 2.30. The Labute approximate surface area is 172 Å². The number of ether oxygens (including phenoxy) is 2. The molecule has 29 heavy (non-hydrogen) atoms. The first-order chi connectivity index (χ1) is 14.1. The highest BCUT2D eigenvalue weighted by molar-refractivity contribution is 6.00. The van der Waals surface area contributed by atoms with E-state index in [1.54, 1.807) is 7.11 Å². The van der Waals surface area contributed by atoms with Gasteiger partial charge in [-0.25, -0.2) is 0 Å². The quantitative estimate of drug-likeness (QED) is 0.573. The summed E-state index contributed by atoms with van der Waals surface area (Å²) in [5.74, 6) is 0.679. The molecule has 1 aromatic heterocycles. The van der Waals surface area contributed by atoms with Crippen LogP contribution < -0.4 is 10.1 Å². The third kappa shape index (κ3) is 5.37. The van der Waals surface area contributed by atoms with Crippen LogP contribution in [-0.4, -0.2) is 56.3 Å². The fourth-order valence-corrected chi connectivity index (χ4v) is 3.21. The van der Waals surface area contributed by atoms with Crippen LogP contribution in [-0.2, 0) is 17.9 Å². The standard InChI is InChI=1S/C23H29N3O3/c1-25(2)13-12-24-23(27)21-16-19-20(26(21)14-15-28-3)10-7-11-22(19)29-17-18-8-5-4-6-9-18/h4-11,16H,12-15,17H2,1-3H3,(H,24,27). The molecular formula is C23H29N3O3. The Balaban J connectivity index is 1.88. The first-order valence-electron chi connectivity index (χ1n) is 9.81. The maximum Gasteiger partial charge on any atom is 0.267 e. The molecule has 6 heteroatoms. The van der Waals surface area contributed by atoms with E-state index in [9.17, 15) is 4.79 Å². The summed E-state index contributed by atoms with van der Waals surface area (Å²) in [5, 5.41) is 3.93. The van der Waals surface area contributed by atoms with Crippen molar-refractivity contribution in [1.82, 2.24) is 14.8 Å². The summed E-state index contributed by atoms with van der Waals surface area (Å²) in [4.78, 5) is 14.9. The summed E-state index contributed by atoms with van der Waals surface area (Å²) in [6.45, 7) is 2.98. The van der Waals surface area contributed by atoms with Gasteiger partial charge in [-0.3, -0.25) is 4.79 Å². The Hall–Kier alpha value is -2.83. The molecule has 0 spiro atoms. The number of benzene rings is 2. The zero-order valence-electron chi connectivity index (χ0n) is 17.4. The summed E-state index contributed by atoms with van der Waals surface area (Å²) in [6.07, 6.45) is 0. The third-order valence-corrected chi connectivity index (χ3v) is 4.74. The summed E-state index contributed by atoms with van der Waals surface area (Å²) in [6, 6.07) is 17.9. The van der Waals surface area contributed by atoms with Crippen LogP contribution in [0.2, 0.25) is 0 Å². The van der Waals surface area contributed by atoms with Crippen molar-refractivity contribution in [3.63, 3.8) is 0 Å². The van der Waals surface area contributed by atoms with Crippen LogP contribution in [0.25, 0.3) is 10.9 Å². The molecule has 3 aromatic rings. The van der Waals surface area contributed by atoms with Gasteiger partial charge in [0.2, 0.25) is 0 Å². The molecule has 2 aromatic carbocycles. The maximum atomic E-state index is 12.8. The van der Waals surface area contributed by atoms with Gasteiger partial charge in [-0.05, 0) is 37.9 Å². The minimum absolute atomic E-state index is 0.0897. The van der Waals surface area contributed by atoms with Crippen molar-refractivity contribution < 1.29 is 14.3 Å². The molecule has 0 unspecified atom stereocenters. The second kappa shape index (κ2) is 10.1. The van der Waals surface area contributed by atoms with E-state index in [1.165, 1.54) is 0 Å². The van der Waals surface area contributed by atoms with E-state index in [1.807, 2.05) is 78.2 Å². The maximum absolute atomic E-state index is 12.8. The van der Waals surface area contributed by atoms with E-state index in [0.29, 0.717) is 32.0 Å². The number of hydrogen-bond donors (Lipinski definition) is 1. The van der Waals surface area contributed by atoms with Crippen molar-refractivity contribution in [2.45, 2.75) is 13.2 Å². The van der Waals surface area contributed by atoms with Gasteiger partial charge in [-0.1, -0.05) is 36.4 Å². The van der Waals surface area contributed by atoms with Crippen LogP contribution in [0.4, 0.5) is 0 Å². The molecule has 0 aliphatic heterocycles. The topological polar surface area (TPSA) is 55.7 Å². The lowest BCUT2D eigenvalue weighted by Crippen LogP contribution is -2.32. The van der Waals surface area contributed by atoms with E-state index < -0.39 is 0 Å². The van der Waals surface area contributed by atoms with Gasteiger partial charge in [0.05, 0.1) is 12.1 Å². The predicted octanol–water partition coefficient (Wildman–Crippen LogP) is 3.16. The lowest BCUT2D eigenvalue weighted by atomic mass is 10.2. The normalized spacial score (nSPS) is 11.2. The number of carbonyl (C=O) groups is 1. The molecule has 0 aliphatic carbocycles. The van der Waals surface area contributed by atoms with Crippen molar-refractivity contribution in [3.8, 4) is 5.75 Å². The van der Waals surface area contributed by atoms with E-state index in [2.05, 4.69) is 5.32 Å². The molecule has 0 bridgehead atoms. The lowest BCUT2D eigenvalue weighted by molar-refractivity contribution is 0.0939. The molecule has 0 atom stereocenters. The lowest BCUT2D eigenvalue weighted by Gasteiger charge is -2.13. The molecule has 3 rings (SSSR count). The fourth-order valence-electron chi connectivity index (χ4n) is 3.21. The first kappa shape index (κ1) is 20.9. The Morgan fingerprint density at radius 3 is 2.62 bits per heavy atom. The number of likely N-dealkylation sites (N-methyl/N-ethyl adjacent to an activating group) is 1. The Morgan fingerprint density at radius 2 is 1.90 bits per heavy atom. The molecule has 0 saturated heterocycles. The number of amides is 1. The average molecular weight is 396 g/mol. The zero-order valence-corrected chi connectivity index (χ0v) is 17.4. The minimum atomic E-state index is -0.0897. The van der Waals surface area contributed by atoms with Crippen molar-refractivity contribution in [2.75, 3.05) is 40.9 Å². The molecule has 0 fully saturated rings. The predicted molar refractivity (Wildman–Crippen MR) is 115 cm³/mol. The van der Waals surface area contributed by atoms with Crippen LogP contribution >= 0.6 is 0 Å². The zero-order chi connectivity index (χ0) is 20.6. The number of nitrogens with zero attached hydrogens (tertiary/aromatic N) is 2. The molecular weight excluding hydrogens is 366 g/mol. The highest BCUT2D eigenvalue weighted by atomic mass is 16.5. The number of nitrogens with one attached hydrogen (secondary N) is 1. The summed E-state index contributed by atoms with van der Waals surface area (Å²) >= 11 is 0. The van der Waals surface area contributed by atoms with Gasteiger partial charge in [0, 0.05) is 32.1 Å². The summed E-state index contributed by atoms with van der Waals surface area (Å²) in [5.41, 5.74) is 2.68. The smallest absolute Gasteiger partial charge is 0.267 e. The molecule has 154 valence electrons. The van der Waals surface area contributed by atoms with E-state index in [0.717, 1.165) is 28.8 Å². The summed E-state index contributed by atoms with van der Waals surface area (Å²) < 4.78 is 13.3. The van der Waals surface area contributed by atoms with Gasteiger partial charge >= 0.3 is 0 Å². The van der Waals surface area contributed by atoms with Gasteiger partial charge in [0.15, 0.2) is 0 Å². The molecule has 0 aliphatic rings. The SMILES string of the molecule is COCCn1c(C(=O)NCCN(C)C)cc2c(OCc3ccccc3)cccc21. The Bertz CT molecular complexity index is 935. The summed E-state index contributed by atoms with van der Waals surface area (Å²) in [7, 11) is 5.63. The van der Waals surface area contributed by atoms with Crippen molar-refractivity contribution >= 4 is 16.8 Å². The third-order valence-electron chi connectivity index (χ3n) is 4.74. The highest BCUT2D eigenvalue weighted by Gasteiger charge is 2.17. The van der Waals surface area contributed by atoms with Crippen LogP contribution in [0.15, 0.2) is 54.6 Å². The van der Waals surface area contributed by atoms with E-state index >= 15 is 0 Å². The second-order valence-electron chi connectivity index (χ2n) is 7.20. The number of hydrogen-bond acceptors (Lipinski definition) is 4. The molecule has 6 nitrogen and oxygen atoms in total. The number of methoxy groups -OCH3 is 1. The van der Waals surface area contributed by atoms with Gasteiger partial charge in [0.25, 0.3) is 5.91 Å². The first-order valence-corrected chi connectivity index (χ1v) is 9.81. The van der Waals surface area contributed by atoms with Crippen molar-refractivity contribution in [2.24, 2.45) is 0 Å². The minimum Gasteiger partial charge on any atom is -0.488 e. The molecule has 1 heterocycles. The van der Waals surface area contributed by atoms with E-state index in [4.69, 9.17) is 9.47 Å². The van der Waals surface area contributed by atoms with Gasteiger partial charge in [0.1, 0.15) is 18.1 Å². The number of aromatic nitrogens is 1. The van der Waals surface area contributed by atoms with Crippen LogP contribution in [0.3, 0.4) is 0 Å². The van der Waals surface area contributed by atoms with Crippen molar-refractivity contribution in [1.29, 1.82) is 0 Å². The average Bonchev–Trinajstić information content (AvgIpc) is 3.10. The fraction of sp³-hybridized carbons (Fsp3) is 0.348. The second-order valence-corrected chi connectivity index (χ2v) is 7.20. The Morgan fingerprint density at radius 1 is 1.10 bits per heavy atom. The van der Waals surface area contributed by atoms with Gasteiger partial charge in [-0.15, -0.1) is 0 Å². The number of carbonyl (C=O) groups excluding carboxylic acids is 1. The molecule has 1 N–H and O–H groups in total. The Kier molecular flexibility index (Phi) is 7.27. The number of rotatable bonds is 10. The van der Waals surface area contributed by atoms with Crippen LogP contribution in [0.1, 0.15) is 16.1 Å². The van der Waals surface area contributed by atoms with Crippen molar-refractivity contribution in [3.05, 3.63) is 65.9 Å². The van der Waals surface area contributed by atoms with Crippen LogP contribution in [0.5, 0.6) is 5.75 Å².